The zero-order valence-corrected chi connectivity index (χ0v) is 33.0. The van der Waals surface area contributed by atoms with E-state index in [1.165, 1.54) is 23.5 Å². The smallest absolute Gasteiger partial charge is 0.387 e. The zero-order chi connectivity index (χ0) is 41.8. The van der Waals surface area contributed by atoms with Crippen molar-refractivity contribution >= 4 is 11.0 Å². The van der Waals surface area contributed by atoms with Crippen LogP contribution in [0.4, 0.5) is 26.3 Å². The molecular formula is C46H48F6N6O2. The van der Waals surface area contributed by atoms with E-state index < -0.39 is 35.9 Å². The summed E-state index contributed by atoms with van der Waals surface area (Å²) in [4.78, 5) is 15.7. The van der Waals surface area contributed by atoms with E-state index in [1.807, 2.05) is 8.80 Å². The van der Waals surface area contributed by atoms with Crippen molar-refractivity contribution in [1.82, 2.24) is 28.7 Å². The van der Waals surface area contributed by atoms with Gasteiger partial charge in [-0.3, -0.25) is 9.97 Å². The van der Waals surface area contributed by atoms with Crippen LogP contribution in [0.2, 0.25) is 0 Å². The maximum absolute atomic E-state index is 12.7. The molecule has 4 fully saturated rings. The minimum absolute atomic E-state index is 0.133. The molecule has 2 atom stereocenters. The van der Waals surface area contributed by atoms with E-state index in [-0.39, 0.29) is 23.7 Å². The molecule has 2 N–H and O–H groups in total. The van der Waals surface area contributed by atoms with Crippen molar-refractivity contribution in [2.45, 2.75) is 125 Å². The molecule has 10 rings (SSSR count). The van der Waals surface area contributed by atoms with Crippen LogP contribution in [0.5, 0.6) is 0 Å². The molecule has 4 saturated carbocycles. The summed E-state index contributed by atoms with van der Waals surface area (Å²) in [5, 5.41) is 22.6. The van der Waals surface area contributed by atoms with Crippen molar-refractivity contribution in [3.8, 4) is 0 Å². The van der Waals surface area contributed by atoms with Crippen LogP contribution in [-0.2, 0) is 12.4 Å². The first-order valence-corrected chi connectivity index (χ1v) is 21.2. The molecule has 6 heterocycles. The van der Waals surface area contributed by atoms with Crippen LogP contribution in [0, 0.1) is 11.8 Å². The van der Waals surface area contributed by atoms with Gasteiger partial charge in [0.15, 0.2) is 0 Å². The van der Waals surface area contributed by atoms with Crippen LogP contribution in [0.1, 0.15) is 158 Å². The van der Waals surface area contributed by atoms with Gasteiger partial charge in [0, 0.05) is 12.4 Å². The van der Waals surface area contributed by atoms with Gasteiger partial charge < -0.3 is 19.0 Å². The number of alkyl halides is 6. The molecule has 316 valence electrons. The third-order valence-electron chi connectivity index (χ3n) is 13.4. The summed E-state index contributed by atoms with van der Waals surface area (Å²) in [7, 11) is 0. The highest BCUT2D eigenvalue weighted by molar-refractivity contribution is 5.51. The molecule has 14 heteroatoms. The van der Waals surface area contributed by atoms with Crippen molar-refractivity contribution in [3.63, 3.8) is 0 Å². The van der Waals surface area contributed by atoms with Gasteiger partial charge in [0.25, 0.3) is 0 Å². The van der Waals surface area contributed by atoms with E-state index in [2.05, 4.69) is 44.2 Å². The first-order chi connectivity index (χ1) is 28.8. The predicted octanol–water partition coefficient (Wildman–Crippen LogP) is 11.3. The Bertz CT molecular complexity index is 2230. The monoisotopic (exact) mass is 830 g/mol. The van der Waals surface area contributed by atoms with Crippen LogP contribution in [0.15, 0.2) is 86.0 Å². The van der Waals surface area contributed by atoms with Crippen LogP contribution < -0.4 is 0 Å². The summed E-state index contributed by atoms with van der Waals surface area (Å²) in [5.74, 6) is 1.70. The Balaban J connectivity index is 0.000000154. The summed E-state index contributed by atoms with van der Waals surface area (Å²) < 4.78 is 80.5. The van der Waals surface area contributed by atoms with Gasteiger partial charge in [-0.1, -0.05) is 24.3 Å². The van der Waals surface area contributed by atoms with Gasteiger partial charge in [-0.25, -0.2) is 9.97 Å². The fourth-order valence-corrected chi connectivity index (χ4v) is 9.78. The molecule has 0 saturated heterocycles. The third-order valence-corrected chi connectivity index (χ3v) is 13.4. The largest absolute Gasteiger partial charge is 0.433 e. The Morgan fingerprint density at radius 3 is 1.15 bits per heavy atom. The Kier molecular flexibility index (Phi) is 11.0. The topological polar surface area (TPSA) is 101 Å². The standard InChI is InChI=1S/2C23H24F3N3O/c2*24-23(25,26)20-10-7-17(11-28-20)14-1-5-16(6-2-14)22(30)21-19(15-3-4-15)9-8-18-12-27-13-29(18)21/h2*7-16,22,30H,1-6H2/t2*14?,16?,22-/m10/s1. The van der Waals surface area contributed by atoms with Crippen molar-refractivity contribution in [2.24, 2.45) is 11.8 Å². The van der Waals surface area contributed by atoms with Crippen molar-refractivity contribution in [2.75, 3.05) is 0 Å². The second-order valence-electron chi connectivity index (χ2n) is 17.3. The molecule has 0 aromatic carbocycles. The summed E-state index contributed by atoms with van der Waals surface area (Å²) in [6, 6.07) is 13.6. The lowest BCUT2D eigenvalue weighted by atomic mass is 9.76. The molecule has 6 aromatic heterocycles. The lowest BCUT2D eigenvalue weighted by Gasteiger charge is -2.33. The molecule has 8 nitrogen and oxygen atoms in total. The van der Waals surface area contributed by atoms with Gasteiger partial charge in [0.2, 0.25) is 0 Å². The molecule has 0 unspecified atom stereocenters. The number of pyridine rings is 4. The highest BCUT2D eigenvalue weighted by atomic mass is 19.4. The Labute approximate surface area is 343 Å². The van der Waals surface area contributed by atoms with Crippen molar-refractivity contribution < 1.29 is 36.6 Å². The molecule has 6 aromatic rings. The lowest BCUT2D eigenvalue weighted by Crippen LogP contribution is -2.22. The summed E-state index contributed by atoms with van der Waals surface area (Å²) in [6.07, 6.45) is 11.3. The lowest BCUT2D eigenvalue weighted by molar-refractivity contribution is -0.142. The molecular weight excluding hydrogens is 783 g/mol. The number of halogens is 6. The maximum Gasteiger partial charge on any atom is 0.433 e. The minimum Gasteiger partial charge on any atom is -0.387 e. The minimum atomic E-state index is -4.41. The second-order valence-corrected chi connectivity index (χ2v) is 17.3. The fourth-order valence-electron chi connectivity index (χ4n) is 9.78. The van der Waals surface area contributed by atoms with Gasteiger partial charge in [-0.2, -0.15) is 26.3 Å². The van der Waals surface area contributed by atoms with Crippen LogP contribution >= 0.6 is 0 Å². The Morgan fingerprint density at radius 2 is 0.833 bits per heavy atom. The molecule has 4 aliphatic carbocycles. The Hall–Kier alpha value is -4.82. The molecule has 0 radical (unpaired) electrons. The number of nitrogens with zero attached hydrogens (tertiary/aromatic N) is 6. The van der Waals surface area contributed by atoms with Crippen LogP contribution in [0.25, 0.3) is 11.0 Å². The summed E-state index contributed by atoms with van der Waals surface area (Å²) in [6.45, 7) is 0. The molecule has 60 heavy (non-hydrogen) atoms. The highest BCUT2D eigenvalue weighted by Crippen LogP contribution is 2.49. The quantitative estimate of drug-likeness (QED) is 0.148. The van der Waals surface area contributed by atoms with Gasteiger partial charge in [0.05, 0.1) is 59.7 Å². The SMILES string of the molecule is O[C@@H](c1c(C2CC2)ccc2cncn12)C1CCC(c2ccc(C(F)(F)F)nc2)CC1.O[C@H](c1c(C2CC2)ccc2cncn12)C1CCC(c2ccc(C(F)(F)F)nc2)CC1. The highest BCUT2D eigenvalue weighted by Gasteiger charge is 2.38. The number of aliphatic hydroxyl groups excluding tert-OH is 2. The average Bonchev–Trinajstić information content (AvgIpc) is 4.19. The first-order valence-electron chi connectivity index (χ1n) is 21.2. The second kappa shape index (κ2) is 16.2. The van der Waals surface area contributed by atoms with E-state index in [9.17, 15) is 36.6 Å². The van der Waals surface area contributed by atoms with Gasteiger partial charge in [-0.15, -0.1) is 0 Å². The number of fused-ring (bicyclic) bond motifs is 2. The van der Waals surface area contributed by atoms with E-state index >= 15 is 0 Å². The number of imidazole rings is 2. The van der Waals surface area contributed by atoms with Gasteiger partial charge in [0.1, 0.15) is 11.4 Å². The van der Waals surface area contributed by atoms with Gasteiger partial charge >= 0.3 is 12.4 Å². The van der Waals surface area contributed by atoms with Gasteiger partial charge in [-0.05, 0) is 159 Å². The van der Waals surface area contributed by atoms with Crippen LogP contribution in [0.3, 0.4) is 0 Å². The third kappa shape index (κ3) is 8.41. The van der Waals surface area contributed by atoms with E-state index in [4.69, 9.17) is 0 Å². The number of aromatic nitrogens is 6. The molecule has 0 aliphatic heterocycles. The zero-order valence-electron chi connectivity index (χ0n) is 33.0. The molecule has 4 aliphatic rings. The van der Waals surface area contributed by atoms with E-state index in [0.29, 0.717) is 11.8 Å². The number of hydrogen-bond donors (Lipinski definition) is 2. The summed E-state index contributed by atoms with van der Waals surface area (Å²) in [5.41, 5.74) is 6.35. The predicted molar refractivity (Wildman–Crippen MR) is 212 cm³/mol. The van der Waals surface area contributed by atoms with Crippen LogP contribution in [-0.4, -0.2) is 39.0 Å². The molecule has 0 amide bonds. The molecule has 0 bridgehead atoms. The normalized spacial score (nSPS) is 23.6. The maximum atomic E-state index is 12.7. The molecule has 0 spiro atoms. The number of rotatable bonds is 8. The van der Waals surface area contributed by atoms with Crippen molar-refractivity contribution in [1.29, 1.82) is 0 Å². The summed E-state index contributed by atoms with van der Waals surface area (Å²) >= 11 is 0. The van der Waals surface area contributed by atoms with Crippen molar-refractivity contribution in [3.05, 3.63) is 131 Å². The number of hydrogen-bond acceptors (Lipinski definition) is 6. The van der Waals surface area contributed by atoms with E-state index in [0.717, 1.165) is 123 Å². The first kappa shape index (κ1) is 40.6. The number of aliphatic hydroxyl groups is 2. The average molecular weight is 831 g/mol. The fraction of sp³-hybridized carbons (Fsp3) is 0.478. The Morgan fingerprint density at radius 1 is 0.467 bits per heavy atom. The van der Waals surface area contributed by atoms with E-state index in [1.54, 1.807) is 37.2 Å².